The first-order valence-corrected chi connectivity index (χ1v) is 5.68. The van der Waals surface area contributed by atoms with E-state index in [9.17, 15) is 9.18 Å². The second-order valence-corrected chi connectivity index (χ2v) is 4.06. The number of pyridine rings is 1. The molecule has 1 aromatic heterocycles. The normalized spacial score (nSPS) is 10.1. The van der Waals surface area contributed by atoms with Crippen LogP contribution in [-0.2, 0) is 6.54 Å². The van der Waals surface area contributed by atoms with Gasteiger partial charge >= 0.3 is 0 Å². The fourth-order valence-electron chi connectivity index (χ4n) is 1.44. The number of carbonyl (C=O) groups is 1. The number of aromatic nitrogens is 1. The molecule has 0 aliphatic heterocycles. The lowest BCUT2D eigenvalue weighted by atomic mass is 10.2. The fourth-order valence-corrected chi connectivity index (χ4v) is 1.60. The van der Waals surface area contributed by atoms with Crippen molar-refractivity contribution in [3.63, 3.8) is 0 Å². The molecule has 0 fully saturated rings. The average Bonchev–Trinajstić information content (AvgIpc) is 2.37. The molecule has 1 heterocycles. The summed E-state index contributed by atoms with van der Waals surface area (Å²) in [6, 6.07) is 9.31. The highest BCUT2D eigenvalue weighted by Crippen LogP contribution is 2.14. The molecule has 0 radical (unpaired) electrons. The summed E-state index contributed by atoms with van der Waals surface area (Å²) in [5.74, 6) is -1.13. The van der Waals surface area contributed by atoms with Crippen LogP contribution < -0.4 is 5.32 Å². The number of nitrogens with one attached hydrogen (secondary N) is 1. The van der Waals surface area contributed by atoms with E-state index >= 15 is 0 Å². The molecule has 3 nitrogen and oxygen atoms in total. The number of amides is 1. The fraction of sp³-hybridized carbons (Fsp3) is 0.0769. The van der Waals surface area contributed by atoms with Crippen molar-refractivity contribution in [2.75, 3.05) is 0 Å². The number of hydrogen-bond acceptors (Lipinski definition) is 2. The molecule has 0 bridgehead atoms. The molecular weight excluding hydrogens is 255 g/mol. The molecule has 0 aliphatic rings. The molecule has 5 heteroatoms. The highest BCUT2D eigenvalue weighted by molar-refractivity contribution is 6.30. The van der Waals surface area contributed by atoms with Gasteiger partial charge in [-0.2, -0.15) is 0 Å². The quantitative estimate of drug-likeness (QED) is 0.926. The minimum Gasteiger partial charge on any atom is -0.346 e. The lowest BCUT2D eigenvalue weighted by molar-refractivity contribution is 0.0946. The predicted molar refractivity (Wildman–Crippen MR) is 66.8 cm³/mol. The summed E-state index contributed by atoms with van der Waals surface area (Å²) >= 11 is 5.61. The number of halogens is 2. The molecule has 0 unspecified atom stereocenters. The lowest BCUT2D eigenvalue weighted by Gasteiger charge is -2.05. The number of carbonyl (C=O) groups excluding carboxylic acids is 1. The Morgan fingerprint density at radius 1 is 1.33 bits per heavy atom. The number of hydrogen-bond donors (Lipinski definition) is 1. The molecule has 18 heavy (non-hydrogen) atoms. The summed E-state index contributed by atoms with van der Waals surface area (Å²) in [6.45, 7) is 0.252. The molecule has 0 spiro atoms. The van der Waals surface area contributed by atoms with E-state index in [1.807, 2.05) is 6.07 Å². The Kier molecular flexibility index (Phi) is 3.89. The van der Waals surface area contributed by atoms with Crippen molar-refractivity contribution in [1.29, 1.82) is 0 Å². The van der Waals surface area contributed by atoms with Gasteiger partial charge in [0.05, 0.1) is 17.8 Å². The van der Waals surface area contributed by atoms with Crippen molar-refractivity contribution in [1.82, 2.24) is 10.3 Å². The summed E-state index contributed by atoms with van der Waals surface area (Å²) in [4.78, 5) is 15.8. The first-order chi connectivity index (χ1) is 8.66. The Labute approximate surface area is 109 Å². The van der Waals surface area contributed by atoms with Gasteiger partial charge in [0.25, 0.3) is 5.91 Å². The minimum absolute atomic E-state index is 0.0321. The molecule has 0 saturated carbocycles. The third kappa shape index (κ3) is 3.05. The van der Waals surface area contributed by atoms with Crippen molar-refractivity contribution < 1.29 is 9.18 Å². The van der Waals surface area contributed by atoms with Gasteiger partial charge in [-0.1, -0.05) is 17.7 Å². The van der Waals surface area contributed by atoms with Gasteiger partial charge in [0.15, 0.2) is 0 Å². The second-order valence-electron chi connectivity index (χ2n) is 3.63. The van der Waals surface area contributed by atoms with Crippen LogP contribution in [0.25, 0.3) is 0 Å². The highest BCUT2D eigenvalue weighted by atomic mass is 35.5. The second kappa shape index (κ2) is 5.60. The van der Waals surface area contributed by atoms with E-state index < -0.39 is 11.7 Å². The topological polar surface area (TPSA) is 42.0 Å². The summed E-state index contributed by atoms with van der Waals surface area (Å²) in [5.41, 5.74) is 0.676. The Hall–Kier alpha value is -1.94. The number of rotatable bonds is 3. The summed E-state index contributed by atoms with van der Waals surface area (Å²) < 4.78 is 13.5. The molecule has 1 amide bonds. The van der Waals surface area contributed by atoms with Gasteiger partial charge in [-0.15, -0.1) is 0 Å². The van der Waals surface area contributed by atoms with E-state index in [2.05, 4.69) is 10.3 Å². The van der Waals surface area contributed by atoms with E-state index in [-0.39, 0.29) is 17.1 Å². The van der Waals surface area contributed by atoms with Crippen molar-refractivity contribution in [3.05, 3.63) is 64.7 Å². The largest absolute Gasteiger partial charge is 0.346 e. The van der Waals surface area contributed by atoms with Crippen LogP contribution in [0.4, 0.5) is 4.39 Å². The van der Waals surface area contributed by atoms with E-state index in [0.717, 1.165) is 6.07 Å². The third-order valence-corrected chi connectivity index (χ3v) is 2.57. The molecule has 2 aromatic rings. The van der Waals surface area contributed by atoms with Crippen molar-refractivity contribution in [2.45, 2.75) is 6.54 Å². The smallest absolute Gasteiger partial charge is 0.254 e. The van der Waals surface area contributed by atoms with E-state index in [1.54, 1.807) is 18.3 Å². The summed E-state index contributed by atoms with van der Waals surface area (Å²) in [5, 5.41) is 2.85. The number of nitrogens with zero attached hydrogens (tertiary/aromatic N) is 1. The third-order valence-electron chi connectivity index (χ3n) is 2.33. The first kappa shape index (κ1) is 12.5. The Bertz CT molecular complexity index is 560. The SMILES string of the molecule is O=C(NCc1ccccn1)c1ccc(Cl)cc1F. The van der Waals surface area contributed by atoms with Crippen LogP contribution in [0.1, 0.15) is 16.1 Å². The van der Waals surface area contributed by atoms with E-state index in [0.29, 0.717) is 5.69 Å². The molecule has 0 saturated heterocycles. The lowest BCUT2D eigenvalue weighted by Crippen LogP contribution is -2.24. The molecule has 1 N–H and O–H groups in total. The zero-order valence-electron chi connectivity index (χ0n) is 9.36. The van der Waals surface area contributed by atoms with E-state index in [1.165, 1.54) is 12.1 Å². The van der Waals surface area contributed by atoms with Gasteiger partial charge in [-0.05, 0) is 30.3 Å². The van der Waals surface area contributed by atoms with Gasteiger partial charge in [-0.25, -0.2) is 4.39 Å². The predicted octanol–water partition coefficient (Wildman–Crippen LogP) is 2.80. The van der Waals surface area contributed by atoms with Crippen LogP contribution in [-0.4, -0.2) is 10.9 Å². The van der Waals surface area contributed by atoms with E-state index in [4.69, 9.17) is 11.6 Å². The van der Waals surface area contributed by atoms with Gasteiger partial charge in [-0.3, -0.25) is 9.78 Å². The monoisotopic (exact) mass is 264 g/mol. The van der Waals surface area contributed by atoms with Crippen LogP contribution in [0.3, 0.4) is 0 Å². The molecule has 92 valence electrons. The molecule has 0 aliphatic carbocycles. The van der Waals surface area contributed by atoms with Crippen LogP contribution in [0, 0.1) is 5.82 Å². The molecule has 2 rings (SSSR count). The number of benzene rings is 1. The van der Waals surface area contributed by atoms with Gasteiger partial charge in [0.2, 0.25) is 0 Å². The summed E-state index contributed by atoms with van der Waals surface area (Å²) in [7, 11) is 0. The van der Waals surface area contributed by atoms with Crippen LogP contribution in [0.15, 0.2) is 42.6 Å². The summed E-state index contributed by atoms with van der Waals surface area (Å²) in [6.07, 6.45) is 1.63. The highest BCUT2D eigenvalue weighted by Gasteiger charge is 2.11. The molecule has 0 atom stereocenters. The van der Waals surface area contributed by atoms with Crippen molar-refractivity contribution in [3.8, 4) is 0 Å². The van der Waals surface area contributed by atoms with Crippen LogP contribution in [0.5, 0.6) is 0 Å². The maximum absolute atomic E-state index is 13.5. The minimum atomic E-state index is -0.638. The van der Waals surface area contributed by atoms with Gasteiger partial charge < -0.3 is 5.32 Å². The van der Waals surface area contributed by atoms with Crippen LogP contribution in [0.2, 0.25) is 5.02 Å². The maximum atomic E-state index is 13.5. The van der Waals surface area contributed by atoms with Crippen LogP contribution >= 0.6 is 11.6 Å². The zero-order valence-corrected chi connectivity index (χ0v) is 10.1. The molecular formula is C13H10ClFN2O. The Morgan fingerprint density at radius 3 is 2.83 bits per heavy atom. The Balaban J connectivity index is 2.04. The van der Waals surface area contributed by atoms with Gasteiger partial charge in [0, 0.05) is 11.2 Å². The molecule has 1 aromatic carbocycles. The zero-order chi connectivity index (χ0) is 13.0. The average molecular weight is 265 g/mol. The standard InChI is InChI=1S/C13H10ClFN2O/c14-9-4-5-11(12(15)7-9)13(18)17-8-10-3-1-2-6-16-10/h1-7H,8H2,(H,17,18). The first-order valence-electron chi connectivity index (χ1n) is 5.30. The van der Waals surface area contributed by atoms with Crippen molar-refractivity contribution >= 4 is 17.5 Å². The Morgan fingerprint density at radius 2 is 2.17 bits per heavy atom. The maximum Gasteiger partial charge on any atom is 0.254 e. The van der Waals surface area contributed by atoms with Gasteiger partial charge in [0.1, 0.15) is 5.82 Å². The van der Waals surface area contributed by atoms with Crippen molar-refractivity contribution in [2.24, 2.45) is 0 Å².